The van der Waals surface area contributed by atoms with Crippen molar-refractivity contribution in [3.8, 4) is 5.75 Å². The fraction of sp³-hybridized carbons (Fsp3) is 0.462. The van der Waals surface area contributed by atoms with Crippen LogP contribution in [0.4, 0.5) is 8.78 Å². The van der Waals surface area contributed by atoms with Gasteiger partial charge in [0, 0.05) is 18.0 Å². The van der Waals surface area contributed by atoms with Crippen LogP contribution < -0.4 is 10.1 Å². The maximum Gasteiger partial charge on any atom is 0.387 e. The highest BCUT2D eigenvalue weighted by Crippen LogP contribution is 2.14. The summed E-state index contributed by atoms with van der Waals surface area (Å²) in [7, 11) is 0. The minimum absolute atomic E-state index is 0.0297. The molecule has 1 rings (SSSR count). The summed E-state index contributed by atoms with van der Waals surface area (Å²) in [5, 5.41) is 2.76. The van der Waals surface area contributed by atoms with E-state index >= 15 is 0 Å². The molecule has 0 bridgehead atoms. The molecule has 0 heterocycles. The first kappa shape index (κ1) is 15.7. The highest BCUT2D eigenvalue weighted by atomic mass is 35.5. The van der Waals surface area contributed by atoms with E-state index in [1.54, 1.807) is 0 Å². The monoisotopic (exact) mass is 291 g/mol. The van der Waals surface area contributed by atoms with Crippen LogP contribution in [0.3, 0.4) is 0 Å². The molecule has 0 aromatic heterocycles. The molecular formula is C13H16ClF2NO2. The van der Waals surface area contributed by atoms with Gasteiger partial charge in [-0.2, -0.15) is 8.78 Å². The van der Waals surface area contributed by atoms with Crippen molar-refractivity contribution < 1.29 is 18.3 Å². The standard InChI is InChI=1S/C13H16ClF2NO2/c1-9(6-7-14)8-17-12(18)10-2-4-11(5-3-10)19-13(15)16/h2-5,9,13H,6-8H2,1H3,(H,17,18). The van der Waals surface area contributed by atoms with Crippen molar-refractivity contribution >= 4 is 17.5 Å². The number of alkyl halides is 3. The van der Waals surface area contributed by atoms with E-state index in [9.17, 15) is 13.6 Å². The third-order valence-electron chi connectivity index (χ3n) is 2.55. The number of nitrogens with one attached hydrogen (secondary N) is 1. The number of rotatable bonds is 7. The molecule has 6 heteroatoms. The molecule has 0 aliphatic heterocycles. The second-order valence-electron chi connectivity index (χ2n) is 4.20. The summed E-state index contributed by atoms with van der Waals surface area (Å²) in [6.07, 6.45) is 0.822. The minimum Gasteiger partial charge on any atom is -0.435 e. The molecule has 0 saturated heterocycles. The van der Waals surface area contributed by atoms with E-state index in [4.69, 9.17) is 11.6 Å². The molecule has 1 atom stereocenters. The van der Waals surface area contributed by atoms with Crippen LogP contribution in [0.2, 0.25) is 0 Å². The molecule has 0 aliphatic rings. The summed E-state index contributed by atoms with van der Waals surface area (Å²) in [4.78, 5) is 11.8. The average molecular weight is 292 g/mol. The molecule has 0 saturated carbocycles. The van der Waals surface area contributed by atoms with E-state index in [1.807, 2.05) is 6.92 Å². The van der Waals surface area contributed by atoms with Crippen molar-refractivity contribution in [2.45, 2.75) is 20.0 Å². The van der Waals surface area contributed by atoms with E-state index in [0.717, 1.165) is 6.42 Å². The van der Waals surface area contributed by atoms with Crippen LogP contribution in [0.5, 0.6) is 5.75 Å². The Morgan fingerprint density at radius 1 is 1.37 bits per heavy atom. The van der Waals surface area contributed by atoms with Gasteiger partial charge < -0.3 is 10.1 Å². The smallest absolute Gasteiger partial charge is 0.387 e. The third-order valence-corrected chi connectivity index (χ3v) is 2.77. The fourth-order valence-electron chi connectivity index (χ4n) is 1.45. The first-order valence-corrected chi connectivity index (χ1v) is 6.45. The summed E-state index contributed by atoms with van der Waals surface area (Å²) in [5.74, 6) is 0.631. The highest BCUT2D eigenvalue weighted by molar-refractivity contribution is 6.17. The number of ether oxygens (including phenoxy) is 1. The lowest BCUT2D eigenvalue weighted by atomic mass is 10.1. The molecule has 0 aliphatic carbocycles. The van der Waals surface area contributed by atoms with Gasteiger partial charge in [0.1, 0.15) is 5.75 Å². The van der Waals surface area contributed by atoms with Gasteiger partial charge in [0.05, 0.1) is 0 Å². The van der Waals surface area contributed by atoms with E-state index < -0.39 is 6.61 Å². The second kappa shape index (κ2) is 7.94. The van der Waals surface area contributed by atoms with Gasteiger partial charge in [-0.05, 0) is 36.6 Å². The zero-order valence-corrected chi connectivity index (χ0v) is 11.3. The van der Waals surface area contributed by atoms with Crippen molar-refractivity contribution in [3.63, 3.8) is 0 Å². The number of carbonyl (C=O) groups excluding carboxylic acids is 1. The number of hydrogen-bond donors (Lipinski definition) is 1. The van der Waals surface area contributed by atoms with Crippen LogP contribution in [-0.2, 0) is 0 Å². The molecule has 0 spiro atoms. The number of halogens is 3. The van der Waals surface area contributed by atoms with Crippen LogP contribution in [-0.4, -0.2) is 24.9 Å². The maximum atomic E-state index is 11.9. The first-order valence-electron chi connectivity index (χ1n) is 5.92. The lowest BCUT2D eigenvalue weighted by Crippen LogP contribution is -2.28. The van der Waals surface area contributed by atoms with Gasteiger partial charge in [0.25, 0.3) is 5.91 Å². The maximum absolute atomic E-state index is 11.9. The molecule has 1 unspecified atom stereocenters. The number of benzene rings is 1. The van der Waals surface area contributed by atoms with Crippen LogP contribution in [0.25, 0.3) is 0 Å². The summed E-state index contributed by atoms with van der Waals surface area (Å²) < 4.78 is 28.1. The van der Waals surface area contributed by atoms with Crippen LogP contribution in [0.1, 0.15) is 23.7 Å². The Balaban J connectivity index is 2.48. The van der Waals surface area contributed by atoms with Crippen molar-refractivity contribution in [3.05, 3.63) is 29.8 Å². The molecule has 106 valence electrons. The molecule has 0 radical (unpaired) electrons. The van der Waals surface area contributed by atoms with E-state index in [2.05, 4.69) is 10.1 Å². The van der Waals surface area contributed by atoms with E-state index in [-0.39, 0.29) is 11.7 Å². The number of carbonyl (C=O) groups is 1. The minimum atomic E-state index is -2.86. The zero-order valence-electron chi connectivity index (χ0n) is 10.5. The molecule has 0 fully saturated rings. The SMILES string of the molecule is CC(CCCl)CNC(=O)c1ccc(OC(F)F)cc1. The Hall–Kier alpha value is -1.36. The van der Waals surface area contributed by atoms with Gasteiger partial charge in [-0.1, -0.05) is 6.92 Å². The van der Waals surface area contributed by atoms with Crippen LogP contribution in [0, 0.1) is 5.92 Å². The van der Waals surface area contributed by atoms with Gasteiger partial charge in [-0.3, -0.25) is 4.79 Å². The normalized spacial score (nSPS) is 12.3. The number of amides is 1. The fourth-order valence-corrected chi connectivity index (χ4v) is 1.82. The molecular weight excluding hydrogens is 276 g/mol. The predicted octanol–water partition coefficient (Wildman–Crippen LogP) is 3.28. The van der Waals surface area contributed by atoms with Crippen molar-refractivity contribution in [2.75, 3.05) is 12.4 Å². The predicted molar refractivity (Wildman–Crippen MR) is 69.9 cm³/mol. The Kier molecular flexibility index (Phi) is 6.56. The second-order valence-corrected chi connectivity index (χ2v) is 4.57. The molecule has 1 aromatic carbocycles. The Morgan fingerprint density at radius 3 is 2.53 bits per heavy atom. The van der Waals surface area contributed by atoms with Gasteiger partial charge in [0.2, 0.25) is 0 Å². The summed E-state index contributed by atoms with van der Waals surface area (Å²) in [6.45, 7) is -0.348. The lowest BCUT2D eigenvalue weighted by Gasteiger charge is -2.11. The summed E-state index contributed by atoms with van der Waals surface area (Å²) in [5.41, 5.74) is 0.402. The highest BCUT2D eigenvalue weighted by Gasteiger charge is 2.09. The molecule has 3 nitrogen and oxygen atoms in total. The van der Waals surface area contributed by atoms with Crippen LogP contribution >= 0.6 is 11.6 Å². The largest absolute Gasteiger partial charge is 0.435 e. The summed E-state index contributed by atoms with van der Waals surface area (Å²) >= 11 is 5.60. The quantitative estimate of drug-likeness (QED) is 0.783. The first-order chi connectivity index (χ1) is 9.02. The van der Waals surface area contributed by atoms with E-state index in [1.165, 1.54) is 24.3 Å². The van der Waals surface area contributed by atoms with Gasteiger partial charge in [0.15, 0.2) is 0 Å². The van der Waals surface area contributed by atoms with Gasteiger partial charge >= 0.3 is 6.61 Å². The average Bonchev–Trinajstić information content (AvgIpc) is 2.36. The Morgan fingerprint density at radius 2 is 2.00 bits per heavy atom. The van der Waals surface area contributed by atoms with Crippen molar-refractivity contribution in [2.24, 2.45) is 5.92 Å². The molecule has 1 aromatic rings. The molecule has 1 amide bonds. The topological polar surface area (TPSA) is 38.3 Å². The number of hydrogen-bond acceptors (Lipinski definition) is 2. The molecule has 19 heavy (non-hydrogen) atoms. The Labute approximate surface area is 115 Å². The van der Waals surface area contributed by atoms with Crippen molar-refractivity contribution in [1.29, 1.82) is 0 Å². The van der Waals surface area contributed by atoms with Gasteiger partial charge in [-0.25, -0.2) is 0 Å². The summed E-state index contributed by atoms with van der Waals surface area (Å²) in [6, 6.07) is 5.56. The van der Waals surface area contributed by atoms with Gasteiger partial charge in [-0.15, -0.1) is 11.6 Å². The lowest BCUT2D eigenvalue weighted by molar-refractivity contribution is -0.0498. The molecule has 1 N–H and O–H groups in total. The third kappa shape index (κ3) is 5.87. The van der Waals surface area contributed by atoms with E-state index in [0.29, 0.717) is 23.9 Å². The van der Waals surface area contributed by atoms with Crippen LogP contribution in [0.15, 0.2) is 24.3 Å². The Bertz CT molecular complexity index is 398. The van der Waals surface area contributed by atoms with Crippen molar-refractivity contribution in [1.82, 2.24) is 5.32 Å². The zero-order chi connectivity index (χ0) is 14.3.